The number of aliphatic hydroxyl groups is 1. The number of anilines is 1. The van der Waals surface area contributed by atoms with Crippen molar-refractivity contribution >= 4 is 34.8 Å². The molecular formula is C23H17Cl2NO4. The number of aliphatic hydroxyl groups excluding tert-OH is 1. The Morgan fingerprint density at radius 3 is 2.47 bits per heavy atom. The van der Waals surface area contributed by atoms with Gasteiger partial charge in [-0.25, -0.2) is 0 Å². The van der Waals surface area contributed by atoms with Gasteiger partial charge in [0.25, 0.3) is 5.91 Å². The first kappa shape index (κ1) is 20.3. The molecule has 0 fully saturated rings. The lowest BCUT2D eigenvalue weighted by Crippen LogP contribution is -2.10. The second-order valence-electron chi connectivity index (χ2n) is 6.70. The number of benzene rings is 2. The summed E-state index contributed by atoms with van der Waals surface area (Å²) in [6, 6.07) is 17.3. The Bertz CT molecular complexity index is 1230. The Morgan fingerprint density at radius 1 is 0.933 bits per heavy atom. The third kappa shape index (κ3) is 4.14. The van der Waals surface area contributed by atoms with Crippen molar-refractivity contribution in [1.29, 1.82) is 0 Å². The number of nitrogens with one attached hydrogen (secondary N) is 1. The molecule has 2 N–H and O–H groups in total. The standard InChI is InChI=1S/C23H17Cl2NO4/c1-13-2-3-14(10-19(13)25)20-8-9-22(30-20)23(28)26-15-4-6-18(24)17(11-15)21-7-5-16(12-27)29-21/h2-11,27H,12H2,1H3,(H,26,28). The highest BCUT2D eigenvalue weighted by Crippen LogP contribution is 2.32. The number of rotatable bonds is 5. The predicted octanol–water partition coefficient (Wildman–Crippen LogP) is 6.57. The second-order valence-corrected chi connectivity index (χ2v) is 7.52. The van der Waals surface area contributed by atoms with Crippen LogP contribution in [0.5, 0.6) is 0 Å². The number of carbonyl (C=O) groups excluding carboxylic acids is 1. The number of hydrogen-bond acceptors (Lipinski definition) is 4. The Kier molecular flexibility index (Phi) is 5.68. The molecule has 0 unspecified atom stereocenters. The molecule has 1 amide bonds. The molecule has 2 aromatic carbocycles. The Morgan fingerprint density at radius 2 is 1.73 bits per heavy atom. The first-order valence-electron chi connectivity index (χ1n) is 9.12. The molecule has 4 aromatic rings. The van der Waals surface area contributed by atoms with Crippen LogP contribution in [0.25, 0.3) is 22.6 Å². The summed E-state index contributed by atoms with van der Waals surface area (Å²) >= 11 is 12.4. The van der Waals surface area contributed by atoms with Gasteiger partial charge in [0, 0.05) is 21.8 Å². The van der Waals surface area contributed by atoms with Gasteiger partial charge >= 0.3 is 0 Å². The predicted molar refractivity (Wildman–Crippen MR) is 117 cm³/mol. The Labute approximate surface area is 182 Å². The lowest BCUT2D eigenvalue weighted by molar-refractivity contribution is 0.0997. The van der Waals surface area contributed by atoms with Crippen LogP contribution in [-0.2, 0) is 6.61 Å². The molecule has 0 saturated carbocycles. The highest BCUT2D eigenvalue weighted by molar-refractivity contribution is 6.33. The fourth-order valence-corrected chi connectivity index (χ4v) is 3.34. The smallest absolute Gasteiger partial charge is 0.291 e. The van der Waals surface area contributed by atoms with Gasteiger partial charge in [-0.15, -0.1) is 0 Å². The van der Waals surface area contributed by atoms with E-state index in [1.807, 2.05) is 19.1 Å². The van der Waals surface area contributed by atoms with Crippen molar-refractivity contribution in [3.05, 3.63) is 87.8 Å². The molecule has 2 heterocycles. The van der Waals surface area contributed by atoms with Crippen LogP contribution in [0, 0.1) is 6.92 Å². The van der Waals surface area contributed by atoms with Gasteiger partial charge in [0.15, 0.2) is 5.76 Å². The van der Waals surface area contributed by atoms with E-state index in [1.54, 1.807) is 48.5 Å². The molecule has 0 atom stereocenters. The summed E-state index contributed by atoms with van der Waals surface area (Å²) in [5.41, 5.74) is 2.88. The Balaban J connectivity index is 1.55. The molecule has 4 rings (SSSR count). The average Bonchev–Trinajstić information content (AvgIpc) is 3.41. The molecule has 5 nitrogen and oxygen atoms in total. The van der Waals surface area contributed by atoms with Gasteiger partial charge in [-0.2, -0.15) is 0 Å². The van der Waals surface area contributed by atoms with E-state index in [0.717, 1.165) is 11.1 Å². The number of carbonyl (C=O) groups is 1. The van der Waals surface area contributed by atoms with Crippen LogP contribution in [0.3, 0.4) is 0 Å². The van der Waals surface area contributed by atoms with Crippen molar-refractivity contribution in [2.45, 2.75) is 13.5 Å². The van der Waals surface area contributed by atoms with Gasteiger partial charge in [0.2, 0.25) is 0 Å². The van der Waals surface area contributed by atoms with E-state index >= 15 is 0 Å². The van der Waals surface area contributed by atoms with Crippen molar-refractivity contribution in [2.24, 2.45) is 0 Å². The van der Waals surface area contributed by atoms with E-state index in [0.29, 0.717) is 38.6 Å². The van der Waals surface area contributed by atoms with Crippen molar-refractivity contribution in [1.82, 2.24) is 0 Å². The number of furan rings is 2. The maximum Gasteiger partial charge on any atom is 0.291 e. The van der Waals surface area contributed by atoms with Gasteiger partial charge in [-0.3, -0.25) is 4.79 Å². The maximum atomic E-state index is 12.6. The first-order chi connectivity index (χ1) is 14.4. The molecular weight excluding hydrogens is 425 g/mol. The largest absolute Gasteiger partial charge is 0.459 e. The molecule has 7 heteroatoms. The summed E-state index contributed by atoms with van der Waals surface area (Å²) in [7, 11) is 0. The monoisotopic (exact) mass is 441 g/mol. The van der Waals surface area contributed by atoms with Crippen molar-refractivity contribution in [3.8, 4) is 22.6 Å². The highest BCUT2D eigenvalue weighted by Gasteiger charge is 2.15. The van der Waals surface area contributed by atoms with Gasteiger partial charge in [-0.1, -0.05) is 35.3 Å². The fourth-order valence-electron chi connectivity index (χ4n) is 2.95. The number of aryl methyl sites for hydroxylation is 1. The second kappa shape index (κ2) is 8.40. The van der Waals surface area contributed by atoms with Gasteiger partial charge in [0.1, 0.15) is 23.9 Å². The third-order valence-corrected chi connectivity index (χ3v) is 5.33. The minimum atomic E-state index is -0.400. The third-order valence-electron chi connectivity index (χ3n) is 4.59. The van der Waals surface area contributed by atoms with Crippen molar-refractivity contribution in [2.75, 3.05) is 5.32 Å². The lowest BCUT2D eigenvalue weighted by atomic mass is 10.1. The van der Waals surface area contributed by atoms with Crippen molar-refractivity contribution in [3.63, 3.8) is 0 Å². The molecule has 0 spiro atoms. The number of amides is 1. The highest BCUT2D eigenvalue weighted by atomic mass is 35.5. The molecule has 2 aromatic heterocycles. The average molecular weight is 442 g/mol. The molecule has 0 bridgehead atoms. The minimum Gasteiger partial charge on any atom is -0.459 e. The van der Waals surface area contributed by atoms with E-state index in [4.69, 9.17) is 32.0 Å². The van der Waals surface area contributed by atoms with E-state index in [1.165, 1.54) is 0 Å². The minimum absolute atomic E-state index is 0.166. The summed E-state index contributed by atoms with van der Waals surface area (Å²) in [4.78, 5) is 12.6. The quantitative estimate of drug-likeness (QED) is 0.367. The van der Waals surface area contributed by atoms with Crippen LogP contribution in [0.15, 0.2) is 69.5 Å². The summed E-state index contributed by atoms with van der Waals surface area (Å²) in [6.45, 7) is 1.71. The maximum absolute atomic E-state index is 12.6. The van der Waals surface area contributed by atoms with Crippen LogP contribution in [-0.4, -0.2) is 11.0 Å². The molecule has 30 heavy (non-hydrogen) atoms. The molecule has 0 aliphatic carbocycles. The summed E-state index contributed by atoms with van der Waals surface area (Å²) in [5, 5.41) is 13.1. The van der Waals surface area contributed by atoms with Crippen LogP contribution in [0.1, 0.15) is 21.9 Å². The van der Waals surface area contributed by atoms with Crippen LogP contribution < -0.4 is 5.32 Å². The zero-order valence-corrected chi connectivity index (χ0v) is 17.4. The molecule has 0 aliphatic heterocycles. The number of hydrogen-bond donors (Lipinski definition) is 2. The topological polar surface area (TPSA) is 75.6 Å². The molecule has 0 saturated heterocycles. The zero-order valence-electron chi connectivity index (χ0n) is 15.9. The van der Waals surface area contributed by atoms with Gasteiger partial charge < -0.3 is 19.3 Å². The normalized spacial score (nSPS) is 10.9. The molecule has 0 radical (unpaired) electrons. The van der Waals surface area contributed by atoms with E-state index in [2.05, 4.69) is 5.32 Å². The van der Waals surface area contributed by atoms with Crippen LogP contribution in [0.2, 0.25) is 10.0 Å². The van der Waals surface area contributed by atoms with E-state index in [-0.39, 0.29) is 12.4 Å². The van der Waals surface area contributed by atoms with Crippen LogP contribution >= 0.6 is 23.2 Å². The van der Waals surface area contributed by atoms with E-state index < -0.39 is 5.91 Å². The van der Waals surface area contributed by atoms with E-state index in [9.17, 15) is 9.90 Å². The first-order valence-corrected chi connectivity index (χ1v) is 9.87. The van der Waals surface area contributed by atoms with Crippen LogP contribution in [0.4, 0.5) is 5.69 Å². The zero-order chi connectivity index (χ0) is 21.3. The van der Waals surface area contributed by atoms with Gasteiger partial charge in [0.05, 0.1) is 5.02 Å². The molecule has 152 valence electrons. The summed E-state index contributed by atoms with van der Waals surface area (Å²) in [5.74, 6) is 1.24. The Hall–Kier alpha value is -2.99. The number of halogens is 2. The summed E-state index contributed by atoms with van der Waals surface area (Å²) < 4.78 is 11.3. The SMILES string of the molecule is Cc1ccc(-c2ccc(C(=O)Nc3ccc(Cl)c(-c4ccc(CO)o4)c3)o2)cc1Cl. The molecule has 0 aliphatic rings. The van der Waals surface area contributed by atoms with Crippen molar-refractivity contribution < 1.29 is 18.7 Å². The fraction of sp³-hybridized carbons (Fsp3) is 0.0870. The lowest BCUT2D eigenvalue weighted by Gasteiger charge is -2.07. The van der Waals surface area contributed by atoms with Gasteiger partial charge in [-0.05, 0) is 61.0 Å². The summed E-state index contributed by atoms with van der Waals surface area (Å²) in [6.07, 6.45) is 0.